The first kappa shape index (κ1) is 12.8. The molecule has 1 fully saturated rings. The maximum atomic E-state index is 13.5. The molecule has 1 aromatic rings. The standard InChI is InChI=1S/C12H14BrF2NO/c13-7-5-11(9(15)6-8(7)14)16-10-3-1-2-4-12(10)17/h5-6,10,12,16-17H,1-4H2/t10-,12-/m0/s1. The van der Waals surface area contributed by atoms with Gasteiger partial charge in [0.2, 0.25) is 0 Å². The maximum Gasteiger partial charge on any atom is 0.149 e. The van der Waals surface area contributed by atoms with E-state index < -0.39 is 17.7 Å². The van der Waals surface area contributed by atoms with Gasteiger partial charge in [-0.2, -0.15) is 0 Å². The van der Waals surface area contributed by atoms with Crippen molar-refractivity contribution in [2.24, 2.45) is 0 Å². The van der Waals surface area contributed by atoms with Gasteiger partial charge in [-0.05, 0) is 34.8 Å². The molecule has 0 unspecified atom stereocenters. The Labute approximate surface area is 107 Å². The summed E-state index contributed by atoms with van der Waals surface area (Å²) in [6, 6.07) is 2.05. The lowest BCUT2D eigenvalue weighted by molar-refractivity contribution is 0.116. The molecule has 1 aliphatic rings. The van der Waals surface area contributed by atoms with Gasteiger partial charge in [0.25, 0.3) is 0 Å². The van der Waals surface area contributed by atoms with Crippen LogP contribution in [0.3, 0.4) is 0 Å². The van der Waals surface area contributed by atoms with E-state index >= 15 is 0 Å². The zero-order chi connectivity index (χ0) is 12.4. The fourth-order valence-corrected chi connectivity index (χ4v) is 2.46. The smallest absolute Gasteiger partial charge is 0.149 e. The van der Waals surface area contributed by atoms with E-state index in [0.29, 0.717) is 0 Å². The van der Waals surface area contributed by atoms with Gasteiger partial charge in [0, 0.05) is 6.07 Å². The molecule has 2 atom stereocenters. The quantitative estimate of drug-likeness (QED) is 0.820. The van der Waals surface area contributed by atoms with Crippen molar-refractivity contribution in [1.29, 1.82) is 0 Å². The van der Waals surface area contributed by atoms with E-state index in [2.05, 4.69) is 21.2 Å². The van der Waals surface area contributed by atoms with E-state index in [0.717, 1.165) is 31.7 Å². The highest BCUT2D eigenvalue weighted by atomic mass is 79.9. The number of hydrogen-bond acceptors (Lipinski definition) is 2. The molecule has 1 aromatic carbocycles. The van der Waals surface area contributed by atoms with E-state index in [1.54, 1.807) is 0 Å². The Bertz CT molecular complexity index is 414. The van der Waals surface area contributed by atoms with Gasteiger partial charge in [0.05, 0.1) is 22.3 Å². The number of aliphatic hydroxyl groups is 1. The van der Waals surface area contributed by atoms with Crippen molar-refractivity contribution in [3.05, 3.63) is 28.2 Å². The summed E-state index contributed by atoms with van der Waals surface area (Å²) in [5.41, 5.74) is 0.226. The number of nitrogens with one attached hydrogen (secondary N) is 1. The van der Waals surface area contributed by atoms with Crippen LogP contribution in [0.15, 0.2) is 16.6 Å². The molecule has 1 aliphatic carbocycles. The van der Waals surface area contributed by atoms with Crippen molar-refractivity contribution < 1.29 is 13.9 Å². The van der Waals surface area contributed by atoms with Crippen LogP contribution in [0, 0.1) is 11.6 Å². The summed E-state index contributed by atoms with van der Waals surface area (Å²) in [4.78, 5) is 0. The van der Waals surface area contributed by atoms with Crippen LogP contribution in [-0.2, 0) is 0 Å². The summed E-state index contributed by atoms with van der Waals surface area (Å²) in [6.07, 6.45) is 3.07. The second-order valence-electron chi connectivity index (χ2n) is 4.35. The van der Waals surface area contributed by atoms with Crippen LogP contribution >= 0.6 is 15.9 Å². The van der Waals surface area contributed by atoms with Crippen molar-refractivity contribution in [3.63, 3.8) is 0 Å². The molecule has 2 nitrogen and oxygen atoms in total. The predicted molar refractivity (Wildman–Crippen MR) is 65.9 cm³/mol. The van der Waals surface area contributed by atoms with Crippen LogP contribution in [0.2, 0.25) is 0 Å². The summed E-state index contributed by atoms with van der Waals surface area (Å²) in [5, 5.41) is 12.7. The Balaban J connectivity index is 2.15. The largest absolute Gasteiger partial charge is 0.391 e. The van der Waals surface area contributed by atoms with Crippen LogP contribution in [-0.4, -0.2) is 17.3 Å². The average molecular weight is 306 g/mol. The molecule has 0 spiro atoms. The molecule has 2 rings (SSSR count). The topological polar surface area (TPSA) is 32.3 Å². The van der Waals surface area contributed by atoms with E-state index in [-0.39, 0.29) is 16.2 Å². The third-order valence-corrected chi connectivity index (χ3v) is 3.69. The Hall–Kier alpha value is -0.680. The Morgan fingerprint density at radius 3 is 2.59 bits per heavy atom. The normalized spacial score (nSPS) is 24.7. The predicted octanol–water partition coefficient (Wildman–Crippen LogP) is 3.44. The number of anilines is 1. The molecule has 5 heteroatoms. The van der Waals surface area contributed by atoms with Gasteiger partial charge < -0.3 is 10.4 Å². The molecular formula is C12H14BrF2NO. The Morgan fingerprint density at radius 1 is 1.18 bits per heavy atom. The highest BCUT2D eigenvalue weighted by Gasteiger charge is 2.23. The first-order chi connectivity index (χ1) is 8.08. The summed E-state index contributed by atoms with van der Waals surface area (Å²) in [5.74, 6) is -1.26. The number of halogens is 3. The van der Waals surface area contributed by atoms with Gasteiger partial charge in [-0.1, -0.05) is 12.8 Å². The lowest BCUT2D eigenvalue weighted by Gasteiger charge is -2.29. The molecular weight excluding hydrogens is 292 g/mol. The SMILES string of the molecule is O[C@H]1CCCC[C@@H]1Nc1cc(Br)c(F)cc1F. The molecule has 0 bridgehead atoms. The minimum absolute atomic E-state index is 0.157. The highest BCUT2D eigenvalue weighted by molar-refractivity contribution is 9.10. The molecule has 2 N–H and O–H groups in total. The highest BCUT2D eigenvalue weighted by Crippen LogP contribution is 2.27. The lowest BCUT2D eigenvalue weighted by atomic mass is 9.92. The summed E-state index contributed by atoms with van der Waals surface area (Å²) in [7, 11) is 0. The van der Waals surface area contributed by atoms with E-state index in [9.17, 15) is 13.9 Å². The second kappa shape index (κ2) is 5.31. The Kier molecular flexibility index (Phi) is 3.99. The maximum absolute atomic E-state index is 13.5. The van der Waals surface area contributed by atoms with Crippen LogP contribution in [0.25, 0.3) is 0 Å². The number of hydrogen-bond donors (Lipinski definition) is 2. The lowest BCUT2D eigenvalue weighted by Crippen LogP contribution is -2.36. The monoisotopic (exact) mass is 305 g/mol. The molecule has 0 aromatic heterocycles. The first-order valence-corrected chi connectivity index (χ1v) is 6.46. The summed E-state index contributed by atoms with van der Waals surface area (Å²) < 4.78 is 26.8. The Morgan fingerprint density at radius 2 is 1.88 bits per heavy atom. The van der Waals surface area contributed by atoms with E-state index in [1.165, 1.54) is 6.07 Å². The van der Waals surface area contributed by atoms with Crippen molar-refractivity contribution in [2.45, 2.75) is 37.8 Å². The molecule has 17 heavy (non-hydrogen) atoms. The van der Waals surface area contributed by atoms with Gasteiger partial charge in [0.1, 0.15) is 11.6 Å². The summed E-state index contributed by atoms with van der Waals surface area (Å²) in [6.45, 7) is 0. The molecule has 0 aliphatic heterocycles. The molecule has 94 valence electrons. The van der Waals surface area contributed by atoms with Crippen LogP contribution in [0.1, 0.15) is 25.7 Å². The number of aliphatic hydroxyl groups excluding tert-OH is 1. The minimum atomic E-state index is -0.636. The van der Waals surface area contributed by atoms with Crippen LogP contribution < -0.4 is 5.32 Å². The second-order valence-corrected chi connectivity index (χ2v) is 5.20. The van der Waals surface area contributed by atoms with Crippen molar-refractivity contribution >= 4 is 21.6 Å². The van der Waals surface area contributed by atoms with E-state index in [1.807, 2.05) is 0 Å². The fourth-order valence-electron chi connectivity index (χ4n) is 2.11. The average Bonchev–Trinajstić information content (AvgIpc) is 2.29. The molecule has 0 radical (unpaired) electrons. The zero-order valence-electron chi connectivity index (χ0n) is 9.22. The molecule has 0 amide bonds. The number of rotatable bonds is 2. The van der Waals surface area contributed by atoms with Crippen molar-refractivity contribution in [1.82, 2.24) is 0 Å². The summed E-state index contributed by atoms with van der Waals surface area (Å²) >= 11 is 3.02. The van der Waals surface area contributed by atoms with Crippen LogP contribution in [0.4, 0.5) is 14.5 Å². The van der Waals surface area contributed by atoms with Crippen molar-refractivity contribution in [3.8, 4) is 0 Å². The fraction of sp³-hybridized carbons (Fsp3) is 0.500. The van der Waals surface area contributed by atoms with Crippen molar-refractivity contribution in [2.75, 3.05) is 5.32 Å². The third kappa shape index (κ3) is 2.96. The number of benzene rings is 1. The van der Waals surface area contributed by atoms with E-state index in [4.69, 9.17) is 0 Å². The van der Waals surface area contributed by atoms with Gasteiger partial charge in [-0.3, -0.25) is 0 Å². The molecule has 0 heterocycles. The van der Waals surface area contributed by atoms with Gasteiger partial charge in [0.15, 0.2) is 0 Å². The molecule has 0 saturated heterocycles. The van der Waals surface area contributed by atoms with Gasteiger partial charge in [-0.15, -0.1) is 0 Å². The van der Waals surface area contributed by atoms with Gasteiger partial charge >= 0.3 is 0 Å². The minimum Gasteiger partial charge on any atom is -0.391 e. The third-order valence-electron chi connectivity index (χ3n) is 3.08. The zero-order valence-corrected chi connectivity index (χ0v) is 10.8. The molecule has 1 saturated carbocycles. The van der Waals surface area contributed by atoms with Crippen LogP contribution in [0.5, 0.6) is 0 Å². The first-order valence-electron chi connectivity index (χ1n) is 5.67. The van der Waals surface area contributed by atoms with Gasteiger partial charge in [-0.25, -0.2) is 8.78 Å².